The van der Waals surface area contributed by atoms with Gasteiger partial charge in [-0.05, 0) is 30.3 Å². The maximum absolute atomic E-state index is 6.10. The Labute approximate surface area is 122 Å². The van der Waals surface area contributed by atoms with E-state index in [9.17, 15) is 0 Å². The number of para-hydroxylation sites is 1. The Morgan fingerprint density at radius 1 is 1.10 bits per heavy atom. The van der Waals surface area contributed by atoms with Gasteiger partial charge in [0.05, 0.1) is 10.5 Å². The van der Waals surface area contributed by atoms with E-state index in [2.05, 4.69) is 4.98 Å². The summed E-state index contributed by atoms with van der Waals surface area (Å²) < 4.78 is 5.77. The van der Waals surface area contributed by atoms with Crippen molar-refractivity contribution in [3.63, 3.8) is 0 Å². The third kappa shape index (κ3) is 2.53. The highest BCUT2D eigenvalue weighted by Crippen LogP contribution is 2.27. The summed E-state index contributed by atoms with van der Waals surface area (Å²) in [4.78, 5) is 4.33. The Hall–Kier alpha value is -2.26. The molecule has 2 aromatic carbocycles. The van der Waals surface area contributed by atoms with Crippen LogP contribution in [0, 0.1) is 0 Å². The van der Waals surface area contributed by atoms with Crippen molar-refractivity contribution in [1.82, 2.24) is 4.98 Å². The SMILES string of the molecule is Nc1ccc(OCc2ccnc3ccccc23)c(Cl)c1. The Morgan fingerprint density at radius 3 is 2.80 bits per heavy atom. The summed E-state index contributed by atoms with van der Waals surface area (Å²) in [6.07, 6.45) is 1.78. The van der Waals surface area contributed by atoms with Gasteiger partial charge in [-0.1, -0.05) is 29.8 Å². The topological polar surface area (TPSA) is 48.1 Å². The van der Waals surface area contributed by atoms with Crippen LogP contribution in [-0.2, 0) is 6.61 Å². The number of benzene rings is 2. The molecule has 1 heterocycles. The summed E-state index contributed by atoms with van der Waals surface area (Å²) in [7, 11) is 0. The van der Waals surface area contributed by atoms with Gasteiger partial charge in [-0.25, -0.2) is 0 Å². The Balaban J connectivity index is 1.87. The first-order valence-corrected chi connectivity index (χ1v) is 6.62. The van der Waals surface area contributed by atoms with Gasteiger partial charge in [-0.15, -0.1) is 0 Å². The number of fused-ring (bicyclic) bond motifs is 1. The van der Waals surface area contributed by atoms with Crippen molar-refractivity contribution >= 4 is 28.2 Å². The monoisotopic (exact) mass is 284 g/mol. The van der Waals surface area contributed by atoms with E-state index in [1.807, 2.05) is 30.3 Å². The molecule has 0 aliphatic carbocycles. The number of rotatable bonds is 3. The number of nitrogens with two attached hydrogens (primary N) is 1. The van der Waals surface area contributed by atoms with Crippen LogP contribution in [-0.4, -0.2) is 4.98 Å². The molecule has 0 aliphatic heterocycles. The van der Waals surface area contributed by atoms with Gasteiger partial charge in [0, 0.05) is 22.8 Å². The average molecular weight is 285 g/mol. The summed E-state index contributed by atoms with van der Waals surface area (Å²) in [5.74, 6) is 0.627. The van der Waals surface area contributed by atoms with Crippen molar-refractivity contribution in [2.45, 2.75) is 6.61 Å². The number of halogens is 1. The third-order valence-electron chi connectivity index (χ3n) is 3.08. The quantitative estimate of drug-likeness (QED) is 0.738. The van der Waals surface area contributed by atoms with Crippen LogP contribution < -0.4 is 10.5 Å². The lowest BCUT2D eigenvalue weighted by Gasteiger charge is -2.10. The van der Waals surface area contributed by atoms with E-state index in [1.165, 1.54) is 0 Å². The largest absolute Gasteiger partial charge is 0.487 e. The van der Waals surface area contributed by atoms with Crippen LogP contribution in [0.3, 0.4) is 0 Å². The van der Waals surface area contributed by atoms with Crippen LogP contribution in [0.1, 0.15) is 5.56 Å². The minimum Gasteiger partial charge on any atom is -0.487 e. The number of nitrogens with zero attached hydrogens (tertiary/aromatic N) is 1. The van der Waals surface area contributed by atoms with Crippen LogP contribution in [0.5, 0.6) is 5.75 Å². The number of anilines is 1. The molecular formula is C16H13ClN2O. The molecule has 0 fully saturated rings. The van der Waals surface area contributed by atoms with Gasteiger partial charge in [0.1, 0.15) is 12.4 Å². The van der Waals surface area contributed by atoms with Crippen molar-refractivity contribution in [2.75, 3.05) is 5.73 Å². The number of aromatic nitrogens is 1. The molecule has 4 heteroatoms. The minimum absolute atomic E-state index is 0.437. The predicted molar refractivity (Wildman–Crippen MR) is 81.9 cm³/mol. The fourth-order valence-corrected chi connectivity index (χ4v) is 2.31. The molecule has 0 atom stereocenters. The lowest BCUT2D eigenvalue weighted by Crippen LogP contribution is -1.98. The molecular weight excluding hydrogens is 272 g/mol. The fourth-order valence-electron chi connectivity index (χ4n) is 2.07. The average Bonchev–Trinajstić information content (AvgIpc) is 2.46. The summed E-state index contributed by atoms with van der Waals surface area (Å²) in [6.45, 7) is 0.437. The molecule has 3 nitrogen and oxygen atoms in total. The molecule has 0 unspecified atom stereocenters. The molecule has 0 amide bonds. The number of hydrogen-bond acceptors (Lipinski definition) is 3. The van der Waals surface area contributed by atoms with Gasteiger partial charge in [-0.3, -0.25) is 4.98 Å². The number of hydrogen-bond donors (Lipinski definition) is 1. The lowest BCUT2D eigenvalue weighted by molar-refractivity contribution is 0.308. The van der Waals surface area contributed by atoms with Crippen molar-refractivity contribution < 1.29 is 4.74 Å². The normalized spacial score (nSPS) is 10.7. The highest BCUT2D eigenvalue weighted by atomic mass is 35.5. The lowest BCUT2D eigenvalue weighted by atomic mass is 10.1. The molecule has 20 heavy (non-hydrogen) atoms. The first-order valence-electron chi connectivity index (χ1n) is 6.24. The molecule has 0 radical (unpaired) electrons. The summed E-state index contributed by atoms with van der Waals surface area (Å²) >= 11 is 6.10. The Morgan fingerprint density at radius 2 is 1.95 bits per heavy atom. The second kappa shape index (κ2) is 5.39. The first kappa shape index (κ1) is 12.8. The third-order valence-corrected chi connectivity index (χ3v) is 3.37. The first-order chi connectivity index (χ1) is 9.74. The van der Waals surface area contributed by atoms with E-state index >= 15 is 0 Å². The van der Waals surface area contributed by atoms with E-state index in [0.717, 1.165) is 16.5 Å². The van der Waals surface area contributed by atoms with Crippen LogP contribution in [0.2, 0.25) is 5.02 Å². The highest BCUT2D eigenvalue weighted by Gasteiger charge is 2.05. The van der Waals surface area contributed by atoms with Crippen LogP contribution >= 0.6 is 11.6 Å². The Bertz CT molecular complexity index is 753. The molecule has 0 spiro atoms. The summed E-state index contributed by atoms with van der Waals surface area (Å²) in [5, 5.41) is 1.60. The fraction of sp³-hybridized carbons (Fsp3) is 0.0625. The van der Waals surface area contributed by atoms with Crippen molar-refractivity contribution in [3.05, 3.63) is 65.3 Å². The molecule has 3 rings (SSSR count). The standard InChI is InChI=1S/C16H13ClN2O/c17-14-9-12(18)5-6-16(14)20-10-11-7-8-19-15-4-2-1-3-13(11)15/h1-9H,10,18H2. The molecule has 1 aromatic heterocycles. The van der Waals surface area contributed by atoms with Gasteiger partial charge in [0.2, 0.25) is 0 Å². The zero-order valence-electron chi connectivity index (χ0n) is 10.7. The maximum atomic E-state index is 6.10. The molecule has 2 N–H and O–H groups in total. The number of pyridine rings is 1. The van der Waals surface area contributed by atoms with Gasteiger partial charge in [-0.2, -0.15) is 0 Å². The number of nitrogen functional groups attached to an aromatic ring is 1. The molecule has 3 aromatic rings. The smallest absolute Gasteiger partial charge is 0.138 e. The van der Waals surface area contributed by atoms with E-state index < -0.39 is 0 Å². The summed E-state index contributed by atoms with van der Waals surface area (Å²) in [6, 6.07) is 15.2. The second-order valence-electron chi connectivity index (χ2n) is 4.47. The van der Waals surface area contributed by atoms with E-state index in [4.69, 9.17) is 22.1 Å². The minimum atomic E-state index is 0.437. The van der Waals surface area contributed by atoms with E-state index in [1.54, 1.807) is 24.4 Å². The van der Waals surface area contributed by atoms with Gasteiger partial charge >= 0.3 is 0 Å². The molecule has 0 saturated heterocycles. The van der Waals surface area contributed by atoms with E-state index in [0.29, 0.717) is 23.1 Å². The number of ether oxygens (including phenoxy) is 1. The highest BCUT2D eigenvalue weighted by molar-refractivity contribution is 6.32. The maximum Gasteiger partial charge on any atom is 0.138 e. The zero-order chi connectivity index (χ0) is 13.9. The van der Waals surface area contributed by atoms with Crippen LogP contribution in [0.4, 0.5) is 5.69 Å². The molecule has 0 bridgehead atoms. The van der Waals surface area contributed by atoms with Crippen LogP contribution in [0.15, 0.2) is 54.7 Å². The van der Waals surface area contributed by atoms with Gasteiger partial charge < -0.3 is 10.5 Å². The molecule has 0 aliphatic rings. The summed E-state index contributed by atoms with van der Waals surface area (Å²) in [5.41, 5.74) is 8.31. The molecule has 100 valence electrons. The second-order valence-corrected chi connectivity index (χ2v) is 4.87. The van der Waals surface area contributed by atoms with Crippen molar-refractivity contribution in [3.8, 4) is 5.75 Å². The zero-order valence-corrected chi connectivity index (χ0v) is 11.5. The predicted octanol–water partition coefficient (Wildman–Crippen LogP) is 4.05. The van der Waals surface area contributed by atoms with Crippen LogP contribution in [0.25, 0.3) is 10.9 Å². The van der Waals surface area contributed by atoms with Gasteiger partial charge in [0.15, 0.2) is 0 Å². The van der Waals surface area contributed by atoms with Crippen molar-refractivity contribution in [2.24, 2.45) is 0 Å². The molecule has 0 saturated carbocycles. The van der Waals surface area contributed by atoms with E-state index in [-0.39, 0.29) is 0 Å². The van der Waals surface area contributed by atoms with Gasteiger partial charge in [0.25, 0.3) is 0 Å². The Kier molecular flexibility index (Phi) is 3.44. The van der Waals surface area contributed by atoms with Crippen molar-refractivity contribution in [1.29, 1.82) is 0 Å².